The van der Waals surface area contributed by atoms with Gasteiger partial charge in [0, 0.05) is 44.9 Å². The Bertz CT molecular complexity index is 550. The van der Waals surface area contributed by atoms with Crippen molar-refractivity contribution in [1.29, 1.82) is 0 Å². The normalized spacial score (nSPS) is 15.6. The molecule has 0 atom stereocenters. The highest BCUT2D eigenvalue weighted by atomic mass is 32.2. The molecule has 0 aliphatic carbocycles. The smallest absolute Gasteiger partial charge is 0.252 e. The quantitative estimate of drug-likeness (QED) is 0.901. The number of nitrogens with one attached hydrogen (secondary N) is 1. The molecule has 21 heavy (non-hydrogen) atoms. The van der Waals surface area contributed by atoms with E-state index >= 15 is 0 Å². The van der Waals surface area contributed by atoms with Gasteiger partial charge < -0.3 is 9.80 Å². The van der Waals surface area contributed by atoms with Crippen LogP contribution in [0.25, 0.3) is 0 Å². The molecule has 0 bridgehead atoms. The van der Waals surface area contributed by atoms with E-state index in [0.29, 0.717) is 37.4 Å². The molecule has 2 heterocycles. The molecule has 1 aromatic heterocycles. The van der Waals surface area contributed by atoms with Crippen molar-refractivity contribution >= 4 is 23.6 Å². The number of aromatic nitrogens is 2. The van der Waals surface area contributed by atoms with Gasteiger partial charge in [-0.15, -0.1) is 0 Å². The first-order chi connectivity index (χ1) is 9.95. The highest BCUT2D eigenvalue weighted by Gasteiger charge is 2.20. The second-order valence-electron chi connectivity index (χ2n) is 5.41. The lowest BCUT2D eigenvalue weighted by Crippen LogP contribution is -2.49. The number of rotatable bonds is 4. The van der Waals surface area contributed by atoms with Crippen molar-refractivity contribution in [2.75, 3.05) is 31.1 Å². The van der Waals surface area contributed by atoms with Gasteiger partial charge in [0.25, 0.3) is 5.56 Å². The number of piperazine rings is 1. The number of aromatic amines is 1. The Labute approximate surface area is 128 Å². The van der Waals surface area contributed by atoms with Crippen LogP contribution in [0, 0.1) is 0 Å². The van der Waals surface area contributed by atoms with Crippen molar-refractivity contribution in [3.05, 3.63) is 22.1 Å². The Balaban J connectivity index is 2.06. The van der Waals surface area contributed by atoms with E-state index in [1.54, 1.807) is 24.8 Å². The first-order valence-electron chi connectivity index (χ1n) is 7.18. The van der Waals surface area contributed by atoms with E-state index in [-0.39, 0.29) is 11.5 Å². The van der Waals surface area contributed by atoms with E-state index in [2.05, 4.69) is 23.8 Å². The van der Waals surface area contributed by atoms with Crippen LogP contribution in [0.5, 0.6) is 0 Å². The summed E-state index contributed by atoms with van der Waals surface area (Å²) in [6.07, 6.45) is 0. The van der Waals surface area contributed by atoms with Crippen molar-refractivity contribution in [3.63, 3.8) is 0 Å². The summed E-state index contributed by atoms with van der Waals surface area (Å²) >= 11 is 1.77. The molecule has 7 heteroatoms. The van der Waals surface area contributed by atoms with Crippen LogP contribution in [0.1, 0.15) is 26.5 Å². The Kier molecular flexibility index (Phi) is 5.27. The lowest BCUT2D eigenvalue weighted by Gasteiger charge is -2.34. The van der Waals surface area contributed by atoms with E-state index < -0.39 is 0 Å². The number of thioether (sulfide) groups is 1. The summed E-state index contributed by atoms with van der Waals surface area (Å²) in [6, 6.07) is 1.56. The number of H-pyrrole nitrogens is 1. The maximum Gasteiger partial charge on any atom is 0.252 e. The van der Waals surface area contributed by atoms with Gasteiger partial charge in [-0.1, -0.05) is 13.8 Å². The predicted molar refractivity (Wildman–Crippen MR) is 85.8 cm³/mol. The highest BCUT2D eigenvalue weighted by Crippen LogP contribution is 2.16. The third kappa shape index (κ3) is 4.49. The van der Waals surface area contributed by atoms with Crippen LogP contribution < -0.4 is 10.5 Å². The van der Waals surface area contributed by atoms with Crippen molar-refractivity contribution in [2.24, 2.45) is 0 Å². The summed E-state index contributed by atoms with van der Waals surface area (Å²) in [5, 5.41) is 0.508. The monoisotopic (exact) mass is 310 g/mol. The maximum absolute atomic E-state index is 11.8. The van der Waals surface area contributed by atoms with Crippen molar-refractivity contribution in [2.45, 2.75) is 31.8 Å². The number of amides is 1. The lowest BCUT2D eigenvalue weighted by atomic mass is 10.3. The zero-order chi connectivity index (χ0) is 15.4. The second-order valence-corrected chi connectivity index (χ2v) is 6.98. The molecule has 6 nitrogen and oxygen atoms in total. The van der Waals surface area contributed by atoms with E-state index in [1.165, 1.54) is 0 Å². The van der Waals surface area contributed by atoms with Gasteiger partial charge in [0.15, 0.2) is 0 Å². The molecule has 1 aliphatic heterocycles. The standard InChI is InChI=1S/C14H22N4O2S/c1-10(2)21-9-12-8-13(20)16-14(15-12)18-6-4-17(5-7-18)11(3)19/h8,10H,4-7,9H2,1-3H3,(H,15,16,20). The molecule has 116 valence electrons. The maximum atomic E-state index is 11.8. The molecule has 0 spiro atoms. The number of hydrogen-bond donors (Lipinski definition) is 1. The molecule has 0 radical (unpaired) electrons. The molecule has 1 amide bonds. The van der Waals surface area contributed by atoms with Gasteiger partial charge in [-0.25, -0.2) is 4.98 Å². The minimum absolute atomic E-state index is 0.0955. The fourth-order valence-electron chi connectivity index (χ4n) is 2.20. The van der Waals surface area contributed by atoms with Crippen LogP contribution in [-0.2, 0) is 10.5 Å². The molecule has 1 aromatic rings. The van der Waals surface area contributed by atoms with Gasteiger partial charge in [0.1, 0.15) is 0 Å². The highest BCUT2D eigenvalue weighted by molar-refractivity contribution is 7.99. The third-order valence-electron chi connectivity index (χ3n) is 3.37. The SMILES string of the molecule is CC(=O)N1CCN(c2nc(CSC(C)C)cc(=O)[nH]2)CC1. The van der Waals surface area contributed by atoms with Crippen molar-refractivity contribution in [3.8, 4) is 0 Å². The fraction of sp³-hybridized carbons (Fsp3) is 0.643. The lowest BCUT2D eigenvalue weighted by molar-refractivity contribution is -0.129. The molecule has 1 N–H and O–H groups in total. The number of hydrogen-bond acceptors (Lipinski definition) is 5. The average molecular weight is 310 g/mol. The molecule has 2 rings (SSSR count). The Morgan fingerprint density at radius 2 is 2.05 bits per heavy atom. The van der Waals surface area contributed by atoms with E-state index in [9.17, 15) is 9.59 Å². The summed E-state index contributed by atoms with van der Waals surface area (Å²) < 4.78 is 0. The summed E-state index contributed by atoms with van der Waals surface area (Å²) in [7, 11) is 0. The third-order valence-corrected chi connectivity index (χ3v) is 4.50. The number of carbonyl (C=O) groups is 1. The first kappa shape index (κ1) is 15.9. The van der Waals surface area contributed by atoms with E-state index in [1.807, 2.05) is 9.80 Å². The largest absolute Gasteiger partial charge is 0.339 e. The summed E-state index contributed by atoms with van der Waals surface area (Å²) in [5.74, 6) is 1.45. The average Bonchev–Trinajstić information content (AvgIpc) is 2.44. The molecule has 0 aromatic carbocycles. The molecule has 0 unspecified atom stereocenters. The molecule has 1 fully saturated rings. The molecular weight excluding hydrogens is 288 g/mol. The van der Waals surface area contributed by atoms with Crippen LogP contribution in [0.2, 0.25) is 0 Å². The van der Waals surface area contributed by atoms with Crippen LogP contribution in [0.3, 0.4) is 0 Å². The first-order valence-corrected chi connectivity index (χ1v) is 8.23. The number of anilines is 1. The molecule has 1 aliphatic rings. The van der Waals surface area contributed by atoms with Gasteiger partial charge in [-0.05, 0) is 5.25 Å². The van der Waals surface area contributed by atoms with Crippen LogP contribution in [-0.4, -0.2) is 52.2 Å². The zero-order valence-corrected chi connectivity index (χ0v) is 13.6. The predicted octanol–water partition coefficient (Wildman–Crippen LogP) is 1.08. The zero-order valence-electron chi connectivity index (χ0n) is 12.8. The van der Waals surface area contributed by atoms with Crippen LogP contribution in [0.4, 0.5) is 5.95 Å². The topological polar surface area (TPSA) is 69.3 Å². The van der Waals surface area contributed by atoms with E-state index in [4.69, 9.17) is 0 Å². The number of carbonyl (C=O) groups excluding carboxylic acids is 1. The van der Waals surface area contributed by atoms with Gasteiger partial charge in [-0.3, -0.25) is 14.6 Å². The summed E-state index contributed by atoms with van der Waals surface area (Å²) in [4.78, 5) is 34.3. The van der Waals surface area contributed by atoms with Crippen LogP contribution >= 0.6 is 11.8 Å². The summed E-state index contributed by atoms with van der Waals surface area (Å²) in [5.41, 5.74) is 0.690. The molecular formula is C14H22N4O2S. The van der Waals surface area contributed by atoms with Crippen molar-refractivity contribution < 1.29 is 4.79 Å². The fourth-order valence-corrected chi connectivity index (χ4v) is 2.85. The van der Waals surface area contributed by atoms with E-state index in [0.717, 1.165) is 11.4 Å². The van der Waals surface area contributed by atoms with Crippen molar-refractivity contribution in [1.82, 2.24) is 14.9 Å². The minimum atomic E-state index is -0.117. The number of nitrogens with zero attached hydrogens (tertiary/aromatic N) is 3. The molecule has 1 saturated heterocycles. The summed E-state index contributed by atoms with van der Waals surface area (Å²) in [6.45, 7) is 8.57. The van der Waals surface area contributed by atoms with Gasteiger partial charge in [0.05, 0.1) is 5.69 Å². The van der Waals surface area contributed by atoms with Gasteiger partial charge >= 0.3 is 0 Å². The van der Waals surface area contributed by atoms with Gasteiger partial charge in [0.2, 0.25) is 11.9 Å². The minimum Gasteiger partial charge on any atom is -0.339 e. The van der Waals surface area contributed by atoms with Crippen LogP contribution in [0.15, 0.2) is 10.9 Å². The van der Waals surface area contributed by atoms with Gasteiger partial charge in [-0.2, -0.15) is 11.8 Å². The Morgan fingerprint density at radius 1 is 1.38 bits per heavy atom. The molecule has 0 saturated carbocycles. The Hall–Kier alpha value is -1.50. The second kappa shape index (κ2) is 6.98. The Morgan fingerprint density at radius 3 is 2.62 bits per heavy atom.